The molecule has 0 aromatic heterocycles. The summed E-state index contributed by atoms with van der Waals surface area (Å²) in [6, 6.07) is 0. The van der Waals surface area contributed by atoms with Crippen molar-refractivity contribution in [3.63, 3.8) is 0 Å². The van der Waals surface area contributed by atoms with Crippen molar-refractivity contribution in [3.8, 4) is 0 Å². The van der Waals surface area contributed by atoms with Crippen LogP contribution in [0.2, 0.25) is 0 Å². The molecule has 0 radical (unpaired) electrons. The lowest BCUT2D eigenvalue weighted by molar-refractivity contribution is 0.0848. The van der Waals surface area contributed by atoms with Gasteiger partial charge in [0.25, 0.3) is 0 Å². The third-order valence-corrected chi connectivity index (χ3v) is 1.35. The topological polar surface area (TPSA) is 43.7 Å². The van der Waals surface area contributed by atoms with Crippen LogP contribution in [0, 0.1) is 0 Å². The van der Waals surface area contributed by atoms with E-state index in [-0.39, 0.29) is 6.61 Å². The summed E-state index contributed by atoms with van der Waals surface area (Å²) in [5, 5.41) is 17.3. The molecule has 0 fully saturated rings. The van der Waals surface area contributed by atoms with Crippen LogP contribution in [-0.2, 0) is 0 Å². The monoisotopic (exact) mass is 147 g/mol. The summed E-state index contributed by atoms with van der Waals surface area (Å²) in [7, 11) is 3.98. The molecule has 0 bridgehead atoms. The fraction of sp³-hybridized carbons (Fsp3) is 1.00. The Kier molecular flexibility index (Phi) is 5.58. The fourth-order valence-electron chi connectivity index (χ4n) is 0.734. The predicted molar refractivity (Wildman–Crippen MR) is 40.9 cm³/mol. The van der Waals surface area contributed by atoms with Crippen molar-refractivity contribution in [1.29, 1.82) is 0 Å². The van der Waals surface area contributed by atoms with Crippen LogP contribution < -0.4 is 0 Å². The zero-order valence-corrected chi connectivity index (χ0v) is 6.75. The summed E-state index contributed by atoms with van der Waals surface area (Å²) in [4.78, 5) is 2.06. The summed E-state index contributed by atoms with van der Waals surface area (Å²) in [5.41, 5.74) is 0. The highest BCUT2D eigenvalue weighted by atomic mass is 16.3. The van der Waals surface area contributed by atoms with Crippen molar-refractivity contribution in [2.24, 2.45) is 0 Å². The number of hydrogen-bond donors (Lipinski definition) is 2. The quantitative estimate of drug-likeness (QED) is 0.560. The van der Waals surface area contributed by atoms with E-state index in [2.05, 4.69) is 4.90 Å². The number of aliphatic hydroxyl groups is 2. The lowest BCUT2D eigenvalue weighted by Crippen LogP contribution is -2.17. The maximum Gasteiger partial charge on any atom is 0.0771 e. The van der Waals surface area contributed by atoms with Crippen LogP contribution in [0.3, 0.4) is 0 Å². The largest absolute Gasteiger partial charge is 0.394 e. The van der Waals surface area contributed by atoms with Gasteiger partial charge in [-0.3, -0.25) is 0 Å². The molecule has 0 heterocycles. The van der Waals surface area contributed by atoms with Gasteiger partial charge in [0.2, 0.25) is 0 Å². The van der Waals surface area contributed by atoms with Gasteiger partial charge in [-0.05, 0) is 33.5 Å². The maximum atomic E-state index is 8.90. The smallest absolute Gasteiger partial charge is 0.0771 e. The van der Waals surface area contributed by atoms with Crippen molar-refractivity contribution >= 4 is 0 Å². The zero-order chi connectivity index (χ0) is 7.98. The lowest BCUT2D eigenvalue weighted by atomic mass is 10.2. The Morgan fingerprint density at radius 3 is 2.40 bits per heavy atom. The predicted octanol–water partition coefficient (Wildman–Crippen LogP) is -0.319. The molecule has 10 heavy (non-hydrogen) atoms. The van der Waals surface area contributed by atoms with E-state index in [0.717, 1.165) is 13.0 Å². The van der Waals surface area contributed by atoms with Gasteiger partial charge in [0.15, 0.2) is 0 Å². The summed E-state index contributed by atoms with van der Waals surface area (Å²) in [6.07, 6.45) is 1.10. The first-order valence-electron chi connectivity index (χ1n) is 3.60. The van der Waals surface area contributed by atoms with Crippen LogP contribution in [0.5, 0.6) is 0 Å². The molecule has 0 aliphatic rings. The van der Waals surface area contributed by atoms with Gasteiger partial charge < -0.3 is 15.1 Å². The third kappa shape index (κ3) is 6.01. The molecule has 0 unspecified atom stereocenters. The Labute approximate surface area is 62.3 Å². The minimum atomic E-state index is -0.528. The van der Waals surface area contributed by atoms with Gasteiger partial charge in [0.05, 0.1) is 12.7 Å². The molecule has 3 nitrogen and oxygen atoms in total. The van der Waals surface area contributed by atoms with Gasteiger partial charge in [0, 0.05) is 0 Å². The van der Waals surface area contributed by atoms with E-state index in [1.807, 2.05) is 14.1 Å². The molecular formula is C7H17NO2. The second-order valence-electron chi connectivity index (χ2n) is 2.78. The van der Waals surface area contributed by atoms with Crippen molar-refractivity contribution in [2.45, 2.75) is 18.9 Å². The van der Waals surface area contributed by atoms with E-state index >= 15 is 0 Å². The molecule has 1 atom stereocenters. The van der Waals surface area contributed by atoms with E-state index in [0.29, 0.717) is 6.42 Å². The van der Waals surface area contributed by atoms with E-state index in [4.69, 9.17) is 10.2 Å². The molecule has 0 spiro atoms. The second-order valence-corrected chi connectivity index (χ2v) is 2.78. The first-order valence-corrected chi connectivity index (χ1v) is 3.60. The first kappa shape index (κ1) is 9.88. The average Bonchev–Trinajstić information content (AvgIpc) is 1.87. The molecule has 0 aromatic carbocycles. The van der Waals surface area contributed by atoms with E-state index in [9.17, 15) is 0 Å². The Morgan fingerprint density at radius 2 is 2.00 bits per heavy atom. The van der Waals surface area contributed by atoms with Gasteiger partial charge in [-0.25, -0.2) is 0 Å². The maximum absolute atomic E-state index is 8.90. The number of hydrogen-bond acceptors (Lipinski definition) is 3. The molecule has 0 aliphatic carbocycles. The minimum absolute atomic E-state index is 0.118. The number of aliphatic hydroxyl groups excluding tert-OH is 2. The Balaban J connectivity index is 3.03. The Morgan fingerprint density at radius 1 is 1.40 bits per heavy atom. The van der Waals surface area contributed by atoms with E-state index in [1.165, 1.54) is 0 Å². The first-order chi connectivity index (χ1) is 4.66. The summed E-state index contributed by atoms with van der Waals surface area (Å²) in [6.45, 7) is 0.852. The molecule has 0 amide bonds. The lowest BCUT2D eigenvalue weighted by Gasteiger charge is -2.10. The van der Waals surface area contributed by atoms with Crippen LogP contribution in [0.25, 0.3) is 0 Å². The number of rotatable bonds is 5. The molecule has 0 rings (SSSR count). The summed E-state index contributed by atoms with van der Waals surface area (Å²) >= 11 is 0. The van der Waals surface area contributed by atoms with Gasteiger partial charge in [0.1, 0.15) is 0 Å². The standard InChI is InChI=1S/C7H17NO2/c1-8(2)5-3-4-7(10)6-9/h7,9-10H,3-6H2,1-2H3/t7-/m0/s1. The Hall–Kier alpha value is -0.120. The summed E-state index contributed by atoms with van der Waals surface area (Å²) in [5.74, 6) is 0. The van der Waals surface area contributed by atoms with Gasteiger partial charge in [-0.15, -0.1) is 0 Å². The van der Waals surface area contributed by atoms with Gasteiger partial charge in [-0.2, -0.15) is 0 Å². The number of nitrogens with zero attached hydrogens (tertiary/aromatic N) is 1. The van der Waals surface area contributed by atoms with Gasteiger partial charge >= 0.3 is 0 Å². The van der Waals surface area contributed by atoms with Crippen molar-refractivity contribution < 1.29 is 10.2 Å². The molecular weight excluding hydrogens is 130 g/mol. The summed E-state index contributed by atoms with van der Waals surface area (Å²) < 4.78 is 0. The highest BCUT2D eigenvalue weighted by Crippen LogP contribution is 1.95. The molecule has 0 saturated carbocycles. The molecule has 2 N–H and O–H groups in total. The molecule has 0 saturated heterocycles. The average molecular weight is 147 g/mol. The van der Waals surface area contributed by atoms with Crippen molar-refractivity contribution in [3.05, 3.63) is 0 Å². The molecule has 0 aliphatic heterocycles. The normalized spacial score (nSPS) is 14.1. The van der Waals surface area contributed by atoms with E-state index in [1.54, 1.807) is 0 Å². The van der Waals surface area contributed by atoms with E-state index < -0.39 is 6.10 Å². The zero-order valence-electron chi connectivity index (χ0n) is 6.75. The van der Waals surface area contributed by atoms with Crippen LogP contribution in [-0.4, -0.2) is 48.5 Å². The molecule has 3 heteroatoms. The van der Waals surface area contributed by atoms with Gasteiger partial charge in [-0.1, -0.05) is 0 Å². The van der Waals surface area contributed by atoms with Crippen LogP contribution in [0.1, 0.15) is 12.8 Å². The molecule has 0 aromatic rings. The van der Waals surface area contributed by atoms with Crippen LogP contribution >= 0.6 is 0 Å². The second kappa shape index (κ2) is 5.65. The SMILES string of the molecule is CN(C)CCC[C@H](O)CO. The Bertz CT molecular complexity index is 76.0. The fourth-order valence-corrected chi connectivity index (χ4v) is 0.734. The third-order valence-electron chi connectivity index (χ3n) is 1.35. The van der Waals surface area contributed by atoms with Crippen molar-refractivity contribution in [2.75, 3.05) is 27.2 Å². The van der Waals surface area contributed by atoms with Crippen molar-refractivity contribution in [1.82, 2.24) is 4.90 Å². The van der Waals surface area contributed by atoms with Crippen LogP contribution in [0.4, 0.5) is 0 Å². The highest BCUT2D eigenvalue weighted by molar-refractivity contribution is 4.53. The minimum Gasteiger partial charge on any atom is -0.394 e. The molecule has 62 valence electrons. The highest BCUT2D eigenvalue weighted by Gasteiger charge is 2.00. The van der Waals surface area contributed by atoms with Crippen LogP contribution in [0.15, 0.2) is 0 Å².